The maximum atomic E-state index is 6.64. The molecule has 0 atom stereocenters. The van der Waals surface area contributed by atoms with Gasteiger partial charge in [-0.1, -0.05) is 24.3 Å². The lowest BCUT2D eigenvalue weighted by Gasteiger charge is -2.22. The first-order valence-electron chi connectivity index (χ1n) is 11.6. The highest BCUT2D eigenvalue weighted by molar-refractivity contribution is 7.00. The molecule has 172 valence electrons. The highest BCUT2D eigenvalue weighted by Gasteiger charge is 2.21. The van der Waals surface area contributed by atoms with E-state index in [-0.39, 0.29) is 0 Å². The van der Waals surface area contributed by atoms with E-state index >= 15 is 0 Å². The fourth-order valence-corrected chi connectivity index (χ4v) is 5.04. The van der Waals surface area contributed by atoms with E-state index in [1.165, 1.54) is 23.1 Å². The number of fused-ring (bicyclic) bond motifs is 1. The van der Waals surface area contributed by atoms with Gasteiger partial charge in [-0.15, -0.1) is 0 Å². The molecule has 0 fully saturated rings. The Morgan fingerprint density at radius 1 is 0.606 bits per heavy atom. The summed E-state index contributed by atoms with van der Waals surface area (Å²) >= 11 is 1.19. The van der Waals surface area contributed by atoms with E-state index in [1.807, 2.05) is 0 Å². The molecule has 33 heavy (non-hydrogen) atoms. The summed E-state index contributed by atoms with van der Waals surface area (Å²) in [7, 11) is 0. The van der Waals surface area contributed by atoms with Crippen LogP contribution in [0.2, 0.25) is 0 Å². The summed E-state index contributed by atoms with van der Waals surface area (Å²) < 4.78 is 9.24. The second-order valence-electron chi connectivity index (χ2n) is 7.98. The number of benzene rings is 3. The van der Waals surface area contributed by atoms with Crippen molar-refractivity contribution < 1.29 is 0 Å². The largest absolute Gasteiger partial charge is 0.396 e. The maximum absolute atomic E-state index is 6.64. The normalized spacial score (nSPS) is 11.2. The molecule has 0 aliphatic heterocycles. The molecule has 4 N–H and O–H groups in total. The van der Waals surface area contributed by atoms with Crippen LogP contribution >= 0.6 is 11.7 Å². The van der Waals surface area contributed by atoms with Gasteiger partial charge in [-0.2, -0.15) is 8.75 Å². The molecule has 1 heterocycles. The van der Waals surface area contributed by atoms with Crippen molar-refractivity contribution in [2.45, 2.75) is 27.7 Å². The van der Waals surface area contributed by atoms with Gasteiger partial charge in [0.25, 0.3) is 0 Å². The highest BCUT2D eigenvalue weighted by atomic mass is 32.1. The average Bonchev–Trinajstić information content (AvgIpc) is 3.32. The van der Waals surface area contributed by atoms with E-state index in [1.54, 1.807) is 0 Å². The molecular weight excluding hydrogens is 428 g/mol. The van der Waals surface area contributed by atoms with Crippen molar-refractivity contribution in [2.75, 3.05) is 47.4 Å². The standard InChI is InChI=1S/C26H32N6S/c1-5-31(6-2)19-13-9-17(10-14-19)21-23(27)24(28)22(26-25(21)29-33-30-26)18-11-15-20(16-12-18)32(7-3)8-4/h9-16H,5-8,27-28H2,1-4H3. The number of rotatable bonds is 8. The predicted molar refractivity (Wildman–Crippen MR) is 144 cm³/mol. The molecule has 0 saturated heterocycles. The third kappa shape index (κ3) is 4.09. The maximum Gasteiger partial charge on any atom is 0.115 e. The molecule has 0 saturated carbocycles. The summed E-state index contributed by atoms with van der Waals surface area (Å²) in [6.07, 6.45) is 0. The van der Waals surface area contributed by atoms with Crippen LogP contribution in [0.5, 0.6) is 0 Å². The molecular formula is C26H32N6S. The van der Waals surface area contributed by atoms with Crippen LogP contribution in [0.25, 0.3) is 33.3 Å². The number of nitrogens with zero attached hydrogens (tertiary/aromatic N) is 4. The van der Waals surface area contributed by atoms with Gasteiger partial charge in [0.1, 0.15) is 11.0 Å². The molecule has 4 aromatic rings. The molecule has 0 aliphatic rings. The van der Waals surface area contributed by atoms with E-state index in [4.69, 9.17) is 11.5 Å². The van der Waals surface area contributed by atoms with Crippen molar-refractivity contribution in [2.24, 2.45) is 0 Å². The summed E-state index contributed by atoms with van der Waals surface area (Å²) in [5.41, 5.74) is 22.1. The topological polar surface area (TPSA) is 84.3 Å². The minimum atomic E-state index is 0.550. The molecule has 0 unspecified atom stereocenters. The van der Waals surface area contributed by atoms with Crippen molar-refractivity contribution in [1.29, 1.82) is 0 Å². The number of hydrogen-bond donors (Lipinski definition) is 2. The summed E-state index contributed by atoms with van der Waals surface area (Å²) in [5, 5.41) is 0. The third-order valence-electron chi connectivity index (χ3n) is 6.36. The van der Waals surface area contributed by atoms with E-state index in [0.29, 0.717) is 11.4 Å². The molecule has 6 nitrogen and oxygen atoms in total. The van der Waals surface area contributed by atoms with Gasteiger partial charge in [0.05, 0.1) is 23.1 Å². The van der Waals surface area contributed by atoms with E-state index in [0.717, 1.165) is 59.5 Å². The number of anilines is 4. The first-order chi connectivity index (χ1) is 16.0. The van der Waals surface area contributed by atoms with Crippen molar-refractivity contribution in [3.63, 3.8) is 0 Å². The lowest BCUT2D eigenvalue weighted by molar-refractivity contribution is 0.866. The Labute approximate surface area is 200 Å². The van der Waals surface area contributed by atoms with E-state index in [2.05, 4.69) is 94.8 Å². The number of hydrogen-bond acceptors (Lipinski definition) is 7. The lowest BCUT2D eigenvalue weighted by Crippen LogP contribution is -2.21. The fourth-order valence-electron chi connectivity index (χ4n) is 4.48. The van der Waals surface area contributed by atoms with E-state index in [9.17, 15) is 0 Å². The van der Waals surface area contributed by atoms with Crippen LogP contribution in [0, 0.1) is 0 Å². The van der Waals surface area contributed by atoms with Gasteiger partial charge in [-0.05, 0) is 63.1 Å². The minimum Gasteiger partial charge on any atom is -0.396 e. The lowest BCUT2D eigenvalue weighted by atomic mass is 9.93. The molecule has 4 rings (SSSR count). The van der Waals surface area contributed by atoms with Gasteiger partial charge in [0.15, 0.2) is 0 Å². The molecule has 7 heteroatoms. The number of nitrogens with two attached hydrogens (primary N) is 2. The molecule has 1 aromatic heterocycles. The molecule has 3 aromatic carbocycles. The van der Waals surface area contributed by atoms with Gasteiger partial charge < -0.3 is 21.3 Å². The van der Waals surface area contributed by atoms with Crippen molar-refractivity contribution >= 4 is 45.5 Å². The second-order valence-corrected chi connectivity index (χ2v) is 8.51. The van der Waals surface area contributed by atoms with Crippen LogP contribution in [0.4, 0.5) is 22.7 Å². The summed E-state index contributed by atoms with van der Waals surface area (Å²) in [4.78, 5) is 4.62. The third-order valence-corrected chi connectivity index (χ3v) is 6.89. The zero-order valence-corrected chi connectivity index (χ0v) is 20.6. The summed E-state index contributed by atoms with van der Waals surface area (Å²) in [6, 6.07) is 16.9. The van der Waals surface area contributed by atoms with Crippen molar-refractivity contribution in [3.05, 3.63) is 48.5 Å². The monoisotopic (exact) mass is 460 g/mol. The molecule has 0 spiro atoms. The number of nitrogen functional groups attached to an aromatic ring is 2. The smallest absolute Gasteiger partial charge is 0.115 e. The zero-order chi connectivity index (χ0) is 23.5. The first-order valence-corrected chi connectivity index (χ1v) is 12.3. The fraction of sp³-hybridized carbons (Fsp3) is 0.308. The van der Waals surface area contributed by atoms with Gasteiger partial charge in [-0.3, -0.25) is 0 Å². The van der Waals surface area contributed by atoms with Crippen LogP contribution in [-0.4, -0.2) is 34.9 Å². The summed E-state index contributed by atoms with van der Waals surface area (Å²) in [5.74, 6) is 0. The Morgan fingerprint density at radius 2 is 0.939 bits per heavy atom. The van der Waals surface area contributed by atoms with Gasteiger partial charge >= 0.3 is 0 Å². The first kappa shape index (κ1) is 22.9. The summed E-state index contributed by atoms with van der Waals surface area (Å²) in [6.45, 7) is 12.5. The average molecular weight is 461 g/mol. The molecule has 0 bridgehead atoms. The number of aromatic nitrogens is 2. The molecule has 0 amide bonds. The highest BCUT2D eigenvalue weighted by Crippen LogP contribution is 2.44. The molecule has 0 aliphatic carbocycles. The quantitative estimate of drug-likeness (QED) is 0.319. The Balaban J connectivity index is 1.81. The van der Waals surface area contributed by atoms with Crippen LogP contribution in [-0.2, 0) is 0 Å². The Hall–Kier alpha value is -3.32. The molecule has 0 radical (unpaired) electrons. The SMILES string of the molecule is CCN(CC)c1ccc(-c2c(N)c(N)c(-c3ccc(N(CC)CC)cc3)c3nsnc23)cc1. The van der Waals surface area contributed by atoms with Crippen molar-refractivity contribution in [1.82, 2.24) is 8.75 Å². The second kappa shape index (κ2) is 9.67. The minimum absolute atomic E-state index is 0.550. The van der Waals surface area contributed by atoms with Gasteiger partial charge in [-0.25, -0.2) is 0 Å². The Bertz CT molecular complexity index is 1130. The van der Waals surface area contributed by atoms with Gasteiger partial charge in [0, 0.05) is 48.7 Å². The Kier molecular flexibility index (Phi) is 6.70. The zero-order valence-electron chi connectivity index (χ0n) is 19.8. The van der Waals surface area contributed by atoms with Crippen LogP contribution in [0.15, 0.2) is 48.5 Å². The van der Waals surface area contributed by atoms with Crippen LogP contribution in [0.1, 0.15) is 27.7 Å². The van der Waals surface area contributed by atoms with Crippen LogP contribution in [0.3, 0.4) is 0 Å². The van der Waals surface area contributed by atoms with Crippen molar-refractivity contribution in [3.8, 4) is 22.3 Å². The predicted octanol–water partition coefficient (Wildman–Crippen LogP) is 5.88. The van der Waals surface area contributed by atoms with Gasteiger partial charge in [0.2, 0.25) is 0 Å². The van der Waals surface area contributed by atoms with E-state index < -0.39 is 0 Å². The van der Waals surface area contributed by atoms with Crippen LogP contribution < -0.4 is 21.3 Å². The Morgan fingerprint density at radius 3 is 1.24 bits per heavy atom.